The Morgan fingerprint density at radius 2 is 2.12 bits per heavy atom. The van der Waals surface area contributed by atoms with E-state index in [0.29, 0.717) is 12.6 Å². The summed E-state index contributed by atoms with van der Waals surface area (Å²) in [5.74, 6) is 1.71. The maximum absolute atomic E-state index is 5.68. The molecule has 1 N–H and O–H groups in total. The number of methoxy groups -OCH3 is 1. The highest BCUT2D eigenvalue weighted by atomic mass is 16.5. The zero-order valence-corrected chi connectivity index (χ0v) is 11.2. The van der Waals surface area contributed by atoms with Crippen molar-refractivity contribution in [3.63, 3.8) is 0 Å². The summed E-state index contributed by atoms with van der Waals surface area (Å²) >= 11 is 0. The van der Waals surface area contributed by atoms with Gasteiger partial charge in [0.2, 0.25) is 0 Å². The molecular formula is C14H23NO2. The minimum Gasteiger partial charge on any atom is -0.493 e. The van der Waals surface area contributed by atoms with Crippen molar-refractivity contribution in [3.05, 3.63) is 23.8 Å². The molecule has 17 heavy (non-hydrogen) atoms. The van der Waals surface area contributed by atoms with Crippen molar-refractivity contribution in [2.45, 2.75) is 32.7 Å². The second kappa shape index (κ2) is 7.17. The van der Waals surface area contributed by atoms with Crippen molar-refractivity contribution in [2.24, 2.45) is 0 Å². The molecule has 96 valence electrons. The van der Waals surface area contributed by atoms with Gasteiger partial charge in [-0.1, -0.05) is 12.1 Å². The predicted octanol–water partition coefficient (Wildman–Crippen LogP) is 2.63. The summed E-state index contributed by atoms with van der Waals surface area (Å²) < 4.78 is 11.0. The third-order valence-electron chi connectivity index (χ3n) is 2.91. The van der Waals surface area contributed by atoms with Gasteiger partial charge in [-0.25, -0.2) is 0 Å². The number of hydrogen-bond donors (Lipinski definition) is 1. The van der Waals surface area contributed by atoms with Crippen LogP contribution in [0.3, 0.4) is 0 Å². The van der Waals surface area contributed by atoms with Gasteiger partial charge in [-0.3, -0.25) is 0 Å². The van der Waals surface area contributed by atoms with E-state index < -0.39 is 0 Å². The van der Waals surface area contributed by atoms with Gasteiger partial charge in [-0.05, 0) is 45.4 Å². The van der Waals surface area contributed by atoms with Crippen LogP contribution < -0.4 is 14.8 Å². The third-order valence-corrected chi connectivity index (χ3v) is 2.91. The molecule has 0 aliphatic heterocycles. The Labute approximate surface area is 104 Å². The summed E-state index contributed by atoms with van der Waals surface area (Å²) in [6.45, 7) is 4.84. The molecule has 0 aromatic heterocycles. The predicted molar refractivity (Wildman–Crippen MR) is 71.0 cm³/mol. The fourth-order valence-electron chi connectivity index (χ4n) is 1.74. The van der Waals surface area contributed by atoms with E-state index in [1.54, 1.807) is 7.11 Å². The molecule has 1 atom stereocenters. The molecule has 0 saturated heterocycles. The van der Waals surface area contributed by atoms with Gasteiger partial charge < -0.3 is 14.8 Å². The second-order valence-corrected chi connectivity index (χ2v) is 4.11. The summed E-state index contributed by atoms with van der Waals surface area (Å²) in [6, 6.07) is 6.57. The Hall–Kier alpha value is -1.22. The van der Waals surface area contributed by atoms with Crippen molar-refractivity contribution < 1.29 is 9.47 Å². The molecule has 1 rings (SSSR count). The number of aryl methyl sites for hydroxylation is 1. The van der Waals surface area contributed by atoms with Crippen LogP contribution in [-0.2, 0) is 6.42 Å². The minimum absolute atomic E-state index is 0.510. The molecule has 1 unspecified atom stereocenters. The molecule has 0 heterocycles. The molecule has 0 aliphatic carbocycles. The topological polar surface area (TPSA) is 30.5 Å². The van der Waals surface area contributed by atoms with Gasteiger partial charge in [-0.15, -0.1) is 0 Å². The first-order chi connectivity index (χ1) is 8.22. The van der Waals surface area contributed by atoms with Crippen molar-refractivity contribution in [2.75, 3.05) is 20.8 Å². The van der Waals surface area contributed by atoms with Gasteiger partial charge in [0, 0.05) is 6.04 Å². The summed E-state index contributed by atoms with van der Waals surface area (Å²) in [7, 11) is 3.66. The van der Waals surface area contributed by atoms with Gasteiger partial charge in [0.05, 0.1) is 13.7 Å². The molecule has 3 heteroatoms. The number of hydrogen-bond acceptors (Lipinski definition) is 3. The molecule has 0 fully saturated rings. The smallest absolute Gasteiger partial charge is 0.164 e. The highest BCUT2D eigenvalue weighted by Crippen LogP contribution is 2.32. The monoisotopic (exact) mass is 237 g/mol. The number of ether oxygens (including phenoxy) is 2. The maximum atomic E-state index is 5.68. The highest BCUT2D eigenvalue weighted by Gasteiger charge is 2.10. The van der Waals surface area contributed by atoms with E-state index in [2.05, 4.69) is 18.3 Å². The molecule has 0 saturated carbocycles. The highest BCUT2D eigenvalue weighted by molar-refractivity contribution is 5.46. The average molecular weight is 237 g/mol. The van der Waals surface area contributed by atoms with Gasteiger partial charge >= 0.3 is 0 Å². The van der Waals surface area contributed by atoms with E-state index in [4.69, 9.17) is 9.47 Å². The Balaban J connectivity index is 2.82. The molecule has 1 aromatic carbocycles. The molecule has 0 amide bonds. The van der Waals surface area contributed by atoms with E-state index in [1.807, 2.05) is 26.1 Å². The van der Waals surface area contributed by atoms with Crippen LogP contribution in [0, 0.1) is 0 Å². The number of nitrogens with one attached hydrogen (secondary N) is 1. The average Bonchev–Trinajstić information content (AvgIpc) is 2.37. The fourth-order valence-corrected chi connectivity index (χ4v) is 1.74. The Kier molecular flexibility index (Phi) is 5.84. The molecule has 3 nitrogen and oxygen atoms in total. The minimum atomic E-state index is 0.510. The van der Waals surface area contributed by atoms with E-state index in [1.165, 1.54) is 5.56 Å². The molecule has 0 spiro atoms. The molecule has 0 aliphatic rings. The lowest BCUT2D eigenvalue weighted by atomic mass is 10.0. The first-order valence-corrected chi connectivity index (χ1v) is 6.18. The van der Waals surface area contributed by atoms with Crippen LogP contribution in [-0.4, -0.2) is 26.8 Å². The molecule has 0 bridgehead atoms. The van der Waals surface area contributed by atoms with E-state index in [-0.39, 0.29) is 0 Å². The number of para-hydroxylation sites is 1. The van der Waals surface area contributed by atoms with Crippen LogP contribution in [0.2, 0.25) is 0 Å². The first-order valence-electron chi connectivity index (χ1n) is 6.18. The summed E-state index contributed by atoms with van der Waals surface area (Å²) in [5.41, 5.74) is 1.22. The van der Waals surface area contributed by atoms with Gasteiger partial charge in [0.15, 0.2) is 11.5 Å². The zero-order chi connectivity index (χ0) is 12.7. The molecular weight excluding hydrogens is 214 g/mol. The zero-order valence-electron chi connectivity index (χ0n) is 11.2. The molecule has 1 aromatic rings. The van der Waals surface area contributed by atoms with Gasteiger partial charge in [0.25, 0.3) is 0 Å². The van der Waals surface area contributed by atoms with Crippen molar-refractivity contribution in [1.82, 2.24) is 5.32 Å². The van der Waals surface area contributed by atoms with Crippen LogP contribution in [0.15, 0.2) is 18.2 Å². The van der Waals surface area contributed by atoms with Gasteiger partial charge in [0.1, 0.15) is 0 Å². The molecule has 0 radical (unpaired) electrons. The first kappa shape index (κ1) is 13.8. The number of rotatable bonds is 7. The quantitative estimate of drug-likeness (QED) is 0.791. The summed E-state index contributed by atoms with van der Waals surface area (Å²) in [5, 5.41) is 3.24. The van der Waals surface area contributed by atoms with Crippen LogP contribution >= 0.6 is 0 Å². The van der Waals surface area contributed by atoms with Crippen molar-refractivity contribution >= 4 is 0 Å². The SMILES string of the molecule is CCOc1c(CCC(C)NC)cccc1OC. The lowest BCUT2D eigenvalue weighted by molar-refractivity contribution is 0.307. The van der Waals surface area contributed by atoms with E-state index >= 15 is 0 Å². The summed E-state index contributed by atoms with van der Waals surface area (Å²) in [6.07, 6.45) is 2.08. The van der Waals surface area contributed by atoms with Crippen LogP contribution in [0.5, 0.6) is 11.5 Å². The second-order valence-electron chi connectivity index (χ2n) is 4.11. The Bertz CT molecular complexity index is 339. The normalized spacial score (nSPS) is 12.2. The largest absolute Gasteiger partial charge is 0.493 e. The lowest BCUT2D eigenvalue weighted by Gasteiger charge is -2.15. The summed E-state index contributed by atoms with van der Waals surface area (Å²) in [4.78, 5) is 0. The lowest BCUT2D eigenvalue weighted by Crippen LogP contribution is -2.21. The standard InChI is InChI=1S/C14H23NO2/c1-5-17-14-12(10-9-11(2)15-3)7-6-8-13(14)16-4/h6-8,11,15H,5,9-10H2,1-4H3. The van der Waals surface area contributed by atoms with E-state index in [9.17, 15) is 0 Å². The Morgan fingerprint density at radius 1 is 1.35 bits per heavy atom. The maximum Gasteiger partial charge on any atom is 0.164 e. The van der Waals surface area contributed by atoms with E-state index in [0.717, 1.165) is 24.3 Å². The van der Waals surface area contributed by atoms with Crippen LogP contribution in [0.1, 0.15) is 25.8 Å². The van der Waals surface area contributed by atoms with Crippen LogP contribution in [0.4, 0.5) is 0 Å². The Morgan fingerprint density at radius 3 is 2.71 bits per heavy atom. The third kappa shape index (κ3) is 3.93. The fraction of sp³-hybridized carbons (Fsp3) is 0.571. The van der Waals surface area contributed by atoms with Crippen molar-refractivity contribution in [1.29, 1.82) is 0 Å². The van der Waals surface area contributed by atoms with Crippen molar-refractivity contribution in [3.8, 4) is 11.5 Å². The number of benzene rings is 1. The van der Waals surface area contributed by atoms with Gasteiger partial charge in [-0.2, -0.15) is 0 Å². The van der Waals surface area contributed by atoms with Crippen LogP contribution in [0.25, 0.3) is 0 Å².